The molecule has 1 aromatic rings. The predicted octanol–water partition coefficient (Wildman–Crippen LogP) is 1.83. The summed E-state index contributed by atoms with van der Waals surface area (Å²) in [6.07, 6.45) is 2.98. The lowest BCUT2D eigenvalue weighted by Gasteiger charge is -2.46. The van der Waals surface area contributed by atoms with E-state index in [9.17, 15) is 9.90 Å². The van der Waals surface area contributed by atoms with Gasteiger partial charge >= 0.3 is 6.09 Å². The summed E-state index contributed by atoms with van der Waals surface area (Å²) in [7, 11) is 0. The van der Waals surface area contributed by atoms with E-state index in [1.54, 1.807) is 12.4 Å². The number of amides is 1. The largest absolute Gasteiger partial charge is 0.444 e. The molecule has 1 aromatic heterocycles. The van der Waals surface area contributed by atoms with Crippen LogP contribution in [0.5, 0.6) is 0 Å². The summed E-state index contributed by atoms with van der Waals surface area (Å²) in [5, 5.41) is 10.4. The minimum Gasteiger partial charge on any atom is -0.444 e. The first-order valence-electron chi connectivity index (χ1n) is 6.32. The smallest absolute Gasteiger partial charge is 0.410 e. The van der Waals surface area contributed by atoms with Gasteiger partial charge in [0.2, 0.25) is 0 Å². The molecule has 0 atom stereocenters. The van der Waals surface area contributed by atoms with Gasteiger partial charge in [0.1, 0.15) is 11.2 Å². The molecule has 5 heteroatoms. The Kier molecular flexibility index (Phi) is 3.26. The first-order valence-corrected chi connectivity index (χ1v) is 6.32. The fourth-order valence-corrected chi connectivity index (χ4v) is 2.03. The number of hydrogen-bond donors (Lipinski definition) is 1. The van der Waals surface area contributed by atoms with Crippen molar-refractivity contribution in [2.45, 2.75) is 38.9 Å². The molecule has 0 unspecified atom stereocenters. The van der Waals surface area contributed by atoms with Crippen molar-refractivity contribution in [1.29, 1.82) is 0 Å². The number of carbonyl (C=O) groups is 1. The van der Waals surface area contributed by atoms with Crippen molar-refractivity contribution in [3.63, 3.8) is 0 Å². The van der Waals surface area contributed by atoms with Crippen LogP contribution in [0, 0.1) is 6.92 Å². The third-order valence-corrected chi connectivity index (χ3v) is 2.97. The van der Waals surface area contributed by atoms with Crippen LogP contribution in [0.25, 0.3) is 0 Å². The highest BCUT2D eigenvalue weighted by Crippen LogP contribution is 2.32. The van der Waals surface area contributed by atoms with Crippen LogP contribution in [0.15, 0.2) is 18.5 Å². The molecule has 5 nitrogen and oxygen atoms in total. The average Bonchev–Trinajstić information content (AvgIpc) is 2.22. The Labute approximate surface area is 113 Å². The van der Waals surface area contributed by atoms with Gasteiger partial charge in [-0.2, -0.15) is 0 Å². The molecule has 1 saturated heterocycles. The van der Waals surface area contributed by atoms with Gasteiger partial charge < -0.3 is 14.7 Å². The Bertz CT molecular complexity index is 488. The summed E-state index contributed by atoms with van der Waals surface area (Å²) >= 11 is 0. The van der Waals surface area contributed by atoms with Crippen molar-refractivity contribution in [3.8, 4) is 0 Å². The molecule has 0 aliphatic carbocycles. The lowest BCUT2D eigenvalue weighted by molar-refractivity contribution is -0.103. The third kappa shape index (κ3) is 3.04. The number of aromatic nitrogens is 1. The van der Waals surface area contributed by atoms with Crippen molar-refractivity contribution < 1.29 is 14.6 Å². The third-order valence-electron chi connectivity index (χ3n) is 2.97. The van der Waals surface area contributed by atoms with Gasteiger partial charge in [0.25, 0.3) is 0 Å². The van der Waals surface area contributed by atoms with E-state index in [2.05, 4.69) is 4.98 Å². The fraction of sp³-hybridized carbons (Fsp3) is 0.571. The molecule has 0 saturated carbocycles. The molecule has 1 aliphatic rings. The van der Waals surface area contributed by atoms with Gasteiger partial charge in [-0.1, -0.05) is 0 Å². The van der Waals surface area contributed by atoms with Gasteiger partial charge in [-0.05, 0) is 39.3 Å². The molecular formula is C14H20N2O3. The molecule has 2 rings (SSSR count). The Morgan fingerprint density at radius 2 is 2.05 bits per heavy atom. The monoisotopic (exact) mass is 264 g/mol. The van der Waals surface area contributed by atoms with Crippen molar-refractivity contribution in [2.24, 2.45) is 0 Å². The maximum atomic E-state index is 11.8. The first-order chi connectivity index (χ1) is 8.70. The predicted molar refractivity (Wildman–Crippen MR) is 70.7 cm³/mol. The number of hydrogen-bond acceptors (Lipinski definition) is 4. The quantitative estimate of drug-likeness (QED) is 0.840. The highest BCUT2D eigenvalue weighted by molar-refractivity contribution is 5.70. The second-order valence-electron chi connectivity index (χ2n) is 6.12. The molecule has 19 heavy (non-hydrogen) atoms. The summed E-state index contributed by atoms with van der Waals surface area (Å²) in [5.41, 5.74) is 0.208. The molecule has 1 fully saturated rings. The minimum atomic E-state index is -1.00. The highest BCUT2D eigenvalue weighted by Gasteiger charge is 2.46. The van der Waals surface area contributed by atoms with E-state index in [-0.39, 0.29) is 13.1 Å². The molecule has 1 N–H and O–H groups in total. The molecule has 1 amide bonds. The van der Waals surface area contributed by atoms with E-state index in [0.29, 0.717) is 0 Å². The number of rotatable bonds is 1. The van der Waals surface area contributed by atoms with Gasteiger partial charge in [0.15, 0.2) is 0 Å². The Morgan fingerprint density at radius 1 is 1.42 bits per heavy atom. The lowest BCUT2D eigenvalue weighted by Crippen LogP contribution is -2.62. The van der Waals surface area contributed by atoms with E-state index in [1.165, 1.54) is 4.90 Å². The summed E-state index contributed by atoms with van der Waals surface area (Å²) in [5.74, 6) is 0. The molecular weight excluding hydrogens is 244 g/mol. The molecule has 1 aliphatic heterocycles. The zero-order valence-electron chi connectivity index (χ0n) is 11.8. The number of nitrogens with zero attached hydrogens (tertiary/aromatic N) is 2. The van der Waals surface area contributed by atoms with E-state index < -0.39 is 17.3 Å². The number of pyridine rings is 1. The molecule has 2 heterocycles. The van der Waals surface area contributed by atoms with E-state index >= 15 is 0 Å². The fourth-order valence-electron chi connectivity index (χ4n) is 2.03. The molecule has 0 radical (unpaired) electrons. The molecule has 0 spiro atoms. The maximum absolute atomic E-state index is 11.8. The van der Waals surface area contributed by atoms with Crippen molar-refractivity contribution in [2.75, 3.05) is 13.1 Å². The van der Waals surface area contributed by atoms with Crippen LogP contribution in [0.1, 0.15) is 31.9 Å². The van der Waals surface area contributed by atoms with Crippen molar-refractivity contribution in [3.05, 3.63) is 29.6 Å². The Morgan fingerprint density at radius 3 is 2.58 bits per heavy atom. The van der Waals surface area contributed by atoms with Gasteiger partial charge in [0, 0.05) is 18.0 Å². The maximum Gasteiger partial charge on any atom is 0.410 e. The highest BCUT2D eigenvalue weighted by atomic mass is 16.6. The van der Waals surface area contributed by atoms with E-state index in [4.69, 9.17) is 4.74 Å². The number of likely N-dealkylation sites (tertiary alicyclic amines) is 1. The lowest BCUT2D eigenvalue weighted by atomic mass is 9.87. The van der Waals surface area contributed by atoms with Crippen LogP contribution in [-0.2, 0) is 10.3 Å². The van der Waals surface area contributed by atoms with Crippen LogP contribution in [-0.4, -0.2) is 39.8 Å². The van der Waals surface area contributed by atoms with Crippen molar-refractivity contribution >= 4 is 6.09 Å². The summed E-state index contributed by atoms with van der Waals surface area (Å²) in [6.45, 7) is 7.87. The number of β-amino-alcohol motifs (C(OH)–C–C–N with tert-alkyl or cyclic N) is 1. The number of aryl methyl sites for hydroxylation is 1. The zero-order chi connectivity index (χ0) is 14.3. The van der Waals surface area contributed by atoms with Gasteiger partial charge in [-0.15, -0.1) is 0 Å². The Hall–Kier alpha value is -1.62. The summed E-state index contributed by atoms with van der Waals surface area (Å²) in [4.78, 5) is 17.4. The van der Waals surface area contributed by atoms with E-state index in [0.717, 1.165) is 11.1 Å². The molecule has 0 aromatic carbocycles. The zero-order valence-corrected chi connectivity index (χ0v) is 11.8. The van der Waals surface area contributed by atoms with Gasteiger partial charge in [0.05, 0.1) is 13.1 Å². The van der Waals surface area contributed by atoms with Crippen molar-refractivity contribution in [1.82, 2.24) is 9.88 Å². The van der Waals surface area contributed by atoms with Crippen LogP contribution in [0.2, 0.25) is 0 Å². The standard InChI is InChI=1S/C14H20N2O3/c1-10-5-11(7-15-6-10)14(18)8-16(9-14)12(17)19-13(2,3)4/h5-7,18H,8-9H2,1-4H3. The van der Waals surface area contributed by atoms with E-state index in [1.807, 2.05) is 33.8 Å². The Balaban J connectivity index is 2.00. The molecule has 104 valence electrons. The van der Waals surface area contributed by atoms with Crippen LogP contribution in [0.3, 0.4) is 0 Å². The minimum absolute atomic E-state index is 0.243. The SMILES string of the molecule is Cc1cncc(C2(O)CN(C(=O)OC(C)(C)C)C2)c1. The topological polar surface area (TPSA) is 62.7 Å². The number of carbonyl (C=O) groups excluding carboxylic acids is 1. The summed E-state index contributed by atoms with van der Waals surface area (Å²) < 4.78 is 5.25. The van der Waals surface area contributed by atoms with Crippen LogP contribution < -0.4 is 0 Å². The van der Waals surface area contributed by atoms with Crippen LogP contribution in [0.4, 0.5) is 4.79 Å². The second kappa shape index (κ2) is 4.49. The summed E-state index contributed by atoms with van der Waals surface area (Å²) in [6, 6.07) is 1.89. The number of ether oxygens (including phenoxy) is 1. The first kappa shape index (κ1) is 13.8. The second-order valence-corrected chi connectivity index (χ2v) is 6.12. The molecule has 0 bridgehead atoms. The normalized spacial score (nSPS) is 17.8. The number of aliphatic hydroxyl groups is 1. The van der Waals surface area contributed by atoms with Gasteiger partial charge in [-0.25, -0.2) is 4.79 Å². The van der Waals surface area contributed by atoms with Gasteiger partial charge in [-0.3, -0.25) is 4.98 Å². The average molecular weight is 264 g/mol. The van der Waals surface area contributed by atoms with Crippen LogP contribution >= 0.6 is 0 Å².